The third kappa shape index (κ3) is 3.12. The molecule has 0 fully saturated rings. The van der Waals surface area contributed by atoms with Crippen LogP contribution in [0.1, 0.15) is 0 Å². The van der Waals surface area contributed by atoms with Crippen LogP contribution in [0.4, 0.5) is 0 Å². The molecule has 0 atom stereocenters. The zero-order valence-corrected chi connectivity index (χ0v) is 13.5. The molecule has 0 aliphatic heterocycles. The molecule has 4 aromatic rings. The third-order valence-electron chi connectivity index (χ3n) is 4.17. The third-order valence-corrected chi connectivity index (χ3v) is 4.17. The number of aromatic nitrogens is 1. The number of hydrogen-bond donors (Lipinski definition) is 1. The fourth-order valence-electron chi connectivity index (χ4n) is 2.98. The molecule has 0 saturated heterocycles. The van der Waals surface area contributed by atoms with Crippen molar-refractivity contribution >= 4 is 18.6 Å². The van der Waals surface area contributed by atoms with E-state index < -0.39 is 0 Å². The van der Waals surface area contributed by atoms with Crippen LogP contribution < -0.4 is 4.65 Å². The van der Waals surface area contributed by atoms with Crippen molar-refractivity contribution in [3.05, 3.63) is 84.9 Å². The number of rotatable bonds is 4. The molecule has 0 spiro atoms. The van der Waals surface area contributed by atoms with E-state index in [1.807, 2.05) is 48.5 Å². The Balaban J connectivity index is 1.81. The van der Waals surface area contributed by atoms with Gasteiger partial charge in [0.15, 0.2) is 5.88 Å². The molecule has 0 amide bonds. The molecule has 0 unspecified atom stereocenters. The van der Waals surface area contributed by atoms with Gasteiger partial charge in [0.25, 0.3) is 0 Å². The Labute approximate surface area is 146 Å². The van der Waals surface area contributed by atoms with Crippen LogP contribution in [0.3, 0.4) is 0 Å². The summed E-state index contributed by atoms with van der Waals surface area (Å²) < 4.78 is 5.09. The van der Waals surface area contributed by atoms with Gasteiger partial charge in [0.2, 0.25) is 0 Å². The molecule has 3 aromatic carbocycles. The van der Waals surface area contributed by atoms with Crippen LogP contribution in [0.2, 0.25) is 0 Å². The molecule has 4 rings (SSSR count). The number of nitrogens with zero attached hydrogens (tertiary/aromatic N) is 1. The second-order valence-electron chi connectivity index (χ2n) is 5.69. The van der Waals surface area contributed by atoms with Gasteiger partial charge >= 0.3 is 7.69 Å². The lowest BCUT2D eigenvalue weighted by Crippen LogP contribution is -2.02. The van der Waals surface area contributed by atoms with E-state index in [1.54, 1.807) is 0 Å². The van der Waals surface area contributed by atoms with Crippen LogP contribution in [0.15, 0.2) is 84.9 Å². The van der Waals surface area contributed by atoms with Crippen LogP contribution in [-0.4, -0.2) is 17.7 Å². The Hall–Kier alpha value is -3.11. The van der Waals surface area contributed by atoms with Crippen molar-refractivity contribution in [2.75, 3.05) is 0 Å². The Morgan fingerprint density at radius 2 is 1.36 bits per heavy atom. The molecule has 0 aliphatic rings. The molecule has 25 heavy (non-hydrogen) atoms. The summed E-state index contributed by atoms with van der Waals surface area (Å²) in [5.74, 6) is 0.364. The largest absolute Gasteiger partial charge is 0.570 e. The topological polar surface area (TPSA) is 42.4 Å². The van der Waals surface area contributed by atoms with E-state index in [4.69, 9.17) is 9.68 Å². The summed E-state index contributed by atoms with van der Waals surface area (Å²) in [4.78, 5) is 4.40. The summed E-state index contributed by atoms with van der Waals surface area (Å²) >= 11 is 0. The molecule has 0 aliphatic carbocycles. The average Bonchev–Trinajstić information content (AvgIpc) is 2.68. The Bertz CT molecular complexity index is 1000. The van der Waals surface area contributed by atoms with Crippen molar-refractivity contribution in [2.45, 2.75) is 0 Å². The van der Waals surface area contributed by atoms with E-state index in [1.165, 1.54) is 11.1 Å². The molecular formula is C21H15BNO2. The maximum atomic E-state index is 8.93. The van der Waals surface area contributed by atoms with Crippen molar-refractivity contribution in [3.63, 3.8) is 0 Å². The van der Waals surface area contributed by atoms with Gasteiger partial charge in [0.1, 0.15) is 0 Å². The number of hydrogen-bond acceptors (Lipinski definition) is 3. The molecule has 4 heteroatoms. The predicted molar refractivity (Wildman–Crippen MR) is 101 cm³/mol. The number of fused-ring (bicyclic) bond motifs is 1. The fourth-order valence-corrected chi connectivity index (χ4v) is 2.98. The first-order chi connectivity index (χ1) is 12.3. The quantitative estimate of drug-likeness (QED) is 0.563. The molecular weight excluding hydrogens is 309 g/mol. The van der Waals surface area contributed by atoms with Crippen molar-refractivity contribution in [1.82, 2.24) is 4.98 Å². The van der Waals surface area contributed by atoms with E-state index in [9.17, 15) is 0 Å². The van der Waals surface area contributed by atoms with Gasteiger partial charge in [-0.1, -0.05) is 72.8 Å². The smallest absolute Gasteiger partial charge is 0.523 e. The molecule has 1 aromatic heterocycles. The Morgan fingerprint density at radius 3 is 2.12 bits per heavy atom. The SMILES string of the molecule is O[B]Oc1cc(-c2ccc(-c3ccccc3)cc2)c2ccccc2n1. The van der Waals surface area contributed by atoms with E-state index >= 15 is 0 Å². The molecule has 1 radical (unpaired) electrons. The Kier molecular flexibility index (Phi) is 4.19. The van der Waals surface area contributed by atoms with Crippen molar-refractivity contribution in [2.24, 2.45) is 0 Å². The molecule has 0 bridgehead atoms. The highest BCUT2D eigenvalue weighted by atomic mass is 16.5. The summed E-state index contributed by atoms with van der Waals surface area (Å²) in [5.41, 5.74) is 5.27. The first-order valence-electron chi connectivity index (χ1n) is 8.03. The van der Waals surface area contributed by atoms with Gasteiger partial charge in [-0.2, -0.15) is 0 Å². The highest BCUT2D eigenvalue weighted by Crippen LogP contribution is 2.32. The molecule has 1 N–H and O–H groups in total. The second kappa shape index (κ2) is 6.79. The van der Waals surface area contributed by atoms with Gasteiger partial charge in [-0.15, -0.1) is 0 Å². The van der Waals surface area contributed by atoms with Gasteiger partial charge in [-0.05, 0) is 28.3 Å². The van der Waals surface area contributed by atoms with E-state index in [2.05, 4.69) is 41.4 Å². The predicted octanol–water partition coefficient (Wildman–Crippen LogP) is 4.47. The lowest BCUT2D eigenvalue weighted by molar-refractivity contribution is 0.444. The van der Waals surface area contributed by atoms with Crippen molar-refractivity contribution in [1.29, 1.82) is 0 Å². The van der Waals surface area contributed by atoms with Crippen molar-refractivity contribution in [3.8, 4) is 28.1 Å². The van der Waals surface area contributed by atoms with Gasteiger partial charge in [-0.25, -0.2) is 4.98 Å². The highest BCUT2D eigenvalue weighted by Gasteiger charge is 2.09. The summed E-state index contributed by atoms with van der Waals surface area (Å²) in [5, 5.41) is 9.97. The summed E-state index contributed by atoms with van der Waals surface area (Å²) in [6, 6.07) is 28.4. The first-order valence-corrected chi connectivity index (χ1v) is 8.03. The maximum absolute atomic E-state index is 8.93. The lowest BCUT2D eigenvalue weighted by Gasteiger charge is -2.10. The van der Waals surface area contributed by atoms with E-state index in [0.29, 0.717) is 13.6 Å². The number of benzene rings is 3. The molecule has 0 saturated carbocycles. The highest BCUT2D eigenvalue weighted by molar-refractivity contribution is 6.17. The van der Waals surface area contributed by atoms with Crippen LogP contribution in [0.5, 0.6) is 5.88 Å². The Morgan fingerprint density at radius 1 is 0.720 bits per heavy atom. The minimum Gasteiger partial charge on any atom is -0.523 e. The average molecular weight is 324 g/mol. The molecule has 3 nitrogen and oxygen atoms in total. The van der Waals surface area contributed by atoms with Crippen molar-refractivity contribution < 1.29 is 9.68 Å². The molecule has 119 valence electrons. The summed E-state index contributed by atoms with van der Waals surface area (Å²) in [7, 11) is 0.652. The van der Waals surface area contributed by atoms with E-state index in [0.717, 1.165) is 22.0 Å². The normalized spacial score (nSPS) is 10.6. The van der Waals surface area contributed by atoms with Crippen LogP contribution in [0, 0.1) is 0 Å². The van der Waals surface area contributed by atoms with Gasteiger partial charge in [0.05, 0.1) is 5.52 Å². The van der Waals surface area contributed by atoms with Crippen LogP contribution in [-0.2, 0) is 0 Å². The summed E-state index contributed by atoms with van der Waals surface area (Å²) in [6.45, 7) is 0. The lowest BCUT2D eigenvalue weighted by atomic mass is 9.98. The monoisotopic (exact) mass is 324 g/mol. The first kappa shape index (κ1) is 15.4. The minimum atomic E-state index is 0.364. The fraction of sp³-hybridized carbons (Fsp3) is 0. The maximum Gasteiger partial charge on any atom is 0.570 e. The van der Waals surface area contributed by atoms with Gasteiger partial charge in [0, 0.05) is 11.5 Å². The zero-order valence-electron chi connectivity index (χ0n) is 13.5. The minimum absolute atomic E-state index is 0.364. The van der Waals surface area contributed by atoms with Crippen LogP contribution in [0.25, 0.3) is 33.2 Å². The van der Waals surface area contributed by atoms with Crippen LogP contribution >= 0.6 is 0 Å². The summed E-state index contributed by atoms with van der Waals surface area (Å²) in [6.07, 6.45) is 0. The number of para-hydroxylation sites is 1. The van der Waals surface area contributed by atoms with E-state index in [-0.39, 0.29) is 0 Å². The standard InChI is InChI=1S/C21H15BNO2/c24-22-25-21-14-19(18-8-4-5-9-20(18)23-21)17-12-10-16(11-13-17)15-6-2-1-3-7-15/h1-14,24H. The number of pyridine rings is 1. The zero-order chi connectivity index (χ0) is 17.1. The molecule has 1 heterocycles. The second-order valence-corrected chi connectivity index (χ2v) is 5.69. The van der Waals surface area contributed by atoms with Gasteiger partial charge in [-0.3, -0.25) is 0 Å². The van der Waals surface area contributed by atoms with Gasteiger partial charge < -0.3 is 9.68 Å².